The number of nitrogens with zero attached hydrogens (tertiary/aromatic N) is 2. The van der Waals surface area contributed by atoms with Crippen LogP contribution in [0.2, 0.25) is 0 Å². The van der Waals surface area contributed by atoms with Crippen molar-refractivity contribution in [3.05, 3.63) is 0 Å². The Labute approximate surface area is 112 Å². The first kappa shape index (κ1) is 14.1. The molecule has 2 amide bonds. The minimum absolute atomic E-state index is 0.357. The lowest BCUT2D eigenvalue weighted by atomic mass is 10.1. The SMILES string of the molecule is CN1C2CCC1CN(C(=O)N[C@@H](CO)C(=O)O)CC2. The van der Waals surface area contributed by atoms with Gasteiger partial charge in [0.1, 0.15) is 0 Å². The molecule has 2 aliphatic heterocycles. The molecule has 7 nitrogen and oxygen atoms in total. The molecule has 108 valence electrons. The highest BCUT2D eigenvalue weighted by molar-refractivity contribution is 5.82. The van der Waals surface area contributed by atoms with Gasteiger partial charge in [-0.25, -0.2) is 9.59 Å². The van der Waals surface area contributed by atoms with Crippen molar-refractivity contribution in [3.63, 3.8) is 0 Å². The molecule has 2 heterocycles. The van der Waals surface area contributed by atoms with Crippen LogP contribution < -0.4 is 5.32 Å². The summed E-state index contributed by atoms with van der Waals surface area (Å²) in [6.07, 6.45) is 3.16. The van der Waals surface area contributed by atoms with E-state index >= 15 is 0 Å². The molecule has 3 atom stereocenters. The summed E-state index contributed by atoms with van der Waals surface area (Å²) in [6, 6.07) is -0.750. The van der Waals surface area contributed by atoms with Crippen molar-refractivity contribution in [2.75, 3.05) is 26.7 Å². The number of aliphatic carboxylic acids is 1. The molecule has 7 heteroatoms. The molecule has 0 aliphatic carbocycles. The van der Waals surface area contributed by atoms with Crippen LogP contribution >= 0.6 is 0 Å². The zero-order valence-corrected chi connectivity index (χ0v) is 11.1. The molecule has 0 aromatic carbocycles. The van der Waals surface area contributed by atoms with Crippen LogP contribution in [0, 0.1) is 0 Å². The fourth-order valence-electron chi connectivity index (χ4n) is 2.92. The Morgan fingerprint density at radius 1 is 1.32 bits per heavy atom. The fourth-order valence-corrected chi connectivity index (χ4v) is 2.92. The number of carboxylic acid groups (broad SMARTS) is 1. The molecule has 2 unspecified atom stereocenters. The predicted octanol–water partition coefficient (Wildman–Crippen LogP) is -0.690. The zero-order chi connectivity index (χ0) is 14.0. The van der Waals surface area contributed by atoms with Gasteiger partial charge in [-0.15, -0.1) is 0 Å². The quantitative estimate of drug-likeness (QED) is 0.632. The lowest BCUT2D eigenvalue weighted by Gasteiger charge is -2.27. The van der Waals surface area contributed by atoms with Crippen LogP contribution in [0.15, 0.2) is 0 Å². The fraction of sp³-hybridized carbons (Fsp3) is 0.833. The van der Waals surface area contributed by atoms with Gasteiger partial charge in [0.15, 0.2) is 6.04 Å². The number of rotatable bonds is 3. The maximum absolute atomic E-state index is 12.0. The summed E-state index contributed by atoms with van der Waals surface area (Å²) in [7, 11) is 2.08. The molecule has 2 aliphatic rings. The highest BCUT2D eigenvalue weighted by Crippen LogP contribution is 2.28. The molecule has 0 radical (unpaired) electrons. The number of hydrogen-bond donors (Lipinski definition) is 3. The maximum Gasteiger partial charge on any atom is 0.328 e. The first-order valence-electron chi connectivity index (χ1n) is 6.64. The van der Waals surface area contributed by atoms with Crippen molar-refractivity contribution in [2.24, 2.45) is 0 Å². The van der Waals surface area contributed by atoms with E-state index in [4.69, 9.17) is 10.2 Å². The number of carbonyl (C=O) groups excluding carboxylic acids is 1. The van der Waals surface area contributed by atoms with E-state index in [1.807, 2.05) is 0 Å². The maximum atomic E-state index is 12.0. The van der Waals surface area contributed by atoms with Gasteiger partial charge in [-0.3, -0.25) is 4.90 Å². The average Bonchev–Trinajstić information content (AvgIpc) is 2.59. The predicted molar refractivity (Wildman–Crippen MR) is 67.8 cm³/mol. The summed E-state index contributed by atoms with van der Waals surface area (Å²) in [6.45, 7) is 0.659. The second-order valence-electron chi connectivity index (χ2n) is 5.31. The molecule has 19 heavy (non-hydrogen) atoms. The molecule has 0 aromatic heterocycles. The number of fused-ring (bicyclic) bond motifs is 2. The summed E-state index contributed by atoms with van der Waals surface area (Å²) in [4.78, 5) is 26.8. The van der Waals surface area contributed by atoms with Gasteiger partial charge in [-0.05, 0) is 26.3 Å². The number of hydrogen-bond acceptors (Lipinski definition) is 4. The standard InChI is InChI=1S/C12H21N3O4/c1-14-8-2-3-9(14)6-15(5-4-8)12(19)13-10(7-16)11(17)18/h8-10,16H,2-7H2,1H3,(H,13,19)(H,17,18)/t8?,9?,10-/m0/s1. The van der Waals surface area contributed by atoms with Gasteiger partial charge in [0.2, 0.25) is 0 Å². The number of carboxylic acids is 1. The number of likely N-dealkylation sites (N-methyl/N-ethyl adjacent to an activating group) is 1. The number of aliphatic hydroxyl groups excluding tert-OH is 1. The first-order valence-corrected chi connectivity index (χ1v) is 6.64. The van der Waals surface area contributed by atoms with Gasteiger partial charge >= 0.3 is 12.0 Å². The molecular formula is C12H21N3O4. The zero-order valence-electron chi connectivity index (χ0n) is 11.1. The summed E-state index contributed by atoms with van der Waals surface area (Å²) in [5.74, 6) is -1.22. The molecular weight excluding hydrogens is 250 g/mol. The van der Waals surface area contributed by atoms with Crippen molar-refractivity contribution in [3.8, 4) is 0 Å². The van der Waals surface area contributed by atoms with Crippen molar-refractivity contribution in [1.29, 1.82) is 0 Å². The van der Waals surface area contributed by atoms with Gasteiger partial charge in [0, 0.05) is 25.2 Å². The molecule has 0 saturated carbocycles. The molecule has 3 N–H and O–H groups in total. The Balaban J connectivity index is 1.94. The minimum atomic E-state index is -1.23. The topological polar surface area (TPSA) is 93.1 Å². The van der Waals surface area contributed by atoms with Crippen LogP contribution in [-0.2, 0) is 4.79 Å². The summed E-state index contributed by atoms with van der Waals surface area (Å²) in [5.41, 5.74) is 0. The molecule has 0 spiro atoms. The van der Waals surface area contributed by atoms with Gasteiger partial charge in [0.25, 0.3) is 0 Å². The number of aliphatic hydroxyl groups is 1. The summed E-state index contributed by atoms with van der Waals surface area (Å²) in [5, 5.41) is 20.1. The second kappa shape index (κ2) is 5.75. The van der Waals surface area contributed by atoms with Crippen molar-refractivity contribution >= 4 is 12.0 Å². The smallest absolute Gasteiger partial charge is 0.328 e. The van der Waals surface area contributed by atoms with E-state index in [0.717, 1.165) is 12.8 Å². The summed E-state index contributed by atoms with van der Waals surface area (Å²) >= 11 is 0. The molecule has 2 saturated heterocycles. The highest BCUT2D eigenvalue weighted by atomic mass is 16.4. The van der Waals surface area contributed by atoms with Gasteiger partial charge in [0.05, 0.1) is 6.61 Å². The van der Waals surface area contributed by atoms with Crippen molar-refractivity contribution in [1.82, 2.24) is 15.1 Å². The number of urea groups is 1. The van der Waals surface area contributed by atoms with E-state index in [0.29, 0.717) is 25.2 Å². The van der Waals surface area contributed by atoms with Gasteiger partial charge in [-0.1, -0.05) is 0 Å². The molecule has 2 rings (SSSR count). The lowest BCUT2D eigenvalue weighted by Crippen LogP contribution is -2.51. The molecule has 2 fully saturated rings. The largest absolute Gasteiger partial charge is 0.480 e. The van der Waals surface area contributed by atoms with Crippen LogP contribution in [0.3, 0.4) is 0 Å². The van der Waals surface area contributed by atoms with Crippen LogP contribution in [0.1, 0.15) is 19.3 Å². The Morgan fingerprint density at radius 3 is 2.63 bits per heavy atom. The van der Waals surface area contributed by atoms with Crippen LogP contribution in [-0.4, -0.2) is 76.9 Å². The third-order valence-corrected chi connectivity index (χ3v) is 4.21. The Bertz CT molecular complexity index is 363. The number of likely N-dealkylation sites (tertiary alicyclic amines) is 1. The highest BCUT2D eigenvalue weighted by Gasteiger charge is 2.36. The first-order chi connectivity index (χ1) is 9.02. The monoisotopic (exact) mass is 271 g/mol. The second-order valence-corrected chi connectivity index (χ2v) is 5.31. The third kappa shape index (κ3) is 2.98. The van der Waals surface area contributed by atoms with Gasteiger partial charge in [-0.2, -0.15) is 0 Å². The number of amides is 2. The molecule has 2 bridgehead atoms. The van der Waals surface area contributed by atoms with E-state index in [2.05, 4.69) is 17.3 Å². The lowest BCUT2D eigenvalue weighted by molar-refractivity contribution is -0.140. The Morgan fingerprint density at radius 2 is 2.00 bits per heavy atom. The van der Waals surface area contributed by atoms with E-state index in [-0.39, 0.29) is 0 Å². The van der Waals surface area contributed by atoms with Crippen molar-refractivity contribution < 1.29 is 19.8 Å². The number of nitrogens with one attached hydrogen (secondary N) is 1. The van der Waals surface area contributed by atoms with Crippen LogP contribution in [0.25, 0.3) is 0 Å². The van der Waals surface area contributed by atoms with Crippen LogP contribution in [0.5, 0.6) is 0 Å². The Kier molecular flexibility index (Phi) is 4.26. The normalized spacial score (nSPS) is 28.8. The van der Waals surface area contributed by atoms with Crippen molar-refractivity contribution in [2.45, 2.75) is 37.4 Å². The minimum Gasteiger partial charge on any atom is -0.480 e. The van der Waals surface area contributed by atoms with Gasteiger partial charge < -0.3 is 20.4 Å². The van der Waals surface area contributed by atoms with E-state index in [9.17, 15) is 9.59 Å². The molecule has 0 aromatic rings. The van der Waals surface area contributed by atoms with E-state index < -0.39 is 24.6 Å². The third-order valence-electron chi connectivity index (χ3n) is 4.21. The Hall–Kier alpha value is -1.34. The van der Waals surface area contributed by atoms with E-state index in [1.165, 1.54) is 6.42 Å². The number of carbonyl (C=O) groups is 2. The average molecular weight is 271 g/mol. The van der Waals surface area contributed by atoms with Crippen LogP contribution in [0.4, 0.5) is 4.79 Å². The summed E-state index contributed by atoms with van der Waals surface area (Å²) < 4.78 is 0. The van der Waals surface area contributed by atoms with E-state index in [1.54, 1.807) is 4.90 Å².